The first-order valence-corrected chi connectivity index (χ1v) is 6.71. The van der Waals surface area contributed by atoms with Gasteiger partial charge in [-0.05, 0) is 38.5 Å². The van der Waals surface area contributed by atoms with E-state index in [4.69, 9.17) is 9.84 Å². The lowest BCUT2D eigenvalue weighted by molar-refractivity contribution is -0.125. The topological polar surface area (TPSA) is 58.6 Å². The van der Waals surface area contributed by atoms with Crippen LogP contribution in [0.1, 0.15) is 46.0 Å². The summed E-state index contributed by atoms with van der Waals surface area (Å²) in [6.07, 6.45) is 4.52. The molecular weight excluding hydrogens is 218 g/mol. The Bertz CT molecular complexity index is 227. The van der Waals surface area contributed by atoms with Gasteiger partial charge in [0.1, 0.15) is 0 Å². The zero-order valence-electron chi connectivity index (χ0n) is 10.9. The summed E-state index contributed by atoms with van der Waals surface area (Å²) >= 11 is 0. The maximum absolute atomic E-state index is 11.7. The van der Waals surface area contributed by atoms with E-state index in [1.54, 1.807) is 0 Å². The number of rotatable bonds is 8. The highest BCUT2D eigenvalue weighted by molar-refractivity contribution is 5.76. The van der Waals surface area contributed by atoms with Crippen molar-refractivity contribution < 1.29 is 14.6 Å². The number of ether oxygens (including phenoxy) is 1. The van der Waals surface area contributed by atoms with Crippen LogP contribution < -0.4 is 5.32 Å². The number of aliphatic hydroxyl groups excluding tert-OH is 1. The number of amides is 1. The molecule has 0 heterocycles. The third-order valence-corrected chi connectivity index (χ3v) is 3.40. The van der Waals surface area contributed by atoms with Gasteiger partial charge in [0.2, 0.25) is 5.91 Å². The minimum Gasteiger partial charge on any atom is -0.396 e. The van der Waals surface area contributed by atoms with Gasteiger partial charge in [-0.2, -0.15) is 0 Å². The number of hydrogen-bond donors (Lipinski definition) is 2. The summed E-state index contributed by atoms with van der Waals surface area (Å²) in [5, 5.41) is 11.8. The lowest BCUT2D eigenvalue weighted by atomic mass is 9.80. The van der Waals surface area contributed by atoms with E-state index in [0.29, 0.717) is 24.9 Å². The van der Waals surface area contributed by atoms with E-state index in [2.05, 4.69) is 5.32 Å². The van der Waals surface area contributed by atoms with E-state index in [-0.39, 0.29) is 18.6 Å². The van der Waals surface area contributed by atoms with E-state index in [1.165, 1.54) is 0 Å². The van der Waals surface area contributed by atoms with Gasteiger partial charge in [-0.15, -0.1) is 0 Å². The molecule has 0 aromatic heterocycles. The maximum atomic E-state index is 11.7. The Morgan fingerprint density at radius 2 is 2.18 bits per heavy atom. The highest BCUT2D eigenvalue weighted by Gasteiger charge is 2.31. The Kier molecular flexibility index (Phi) is 6.52. The molecule has 1 atom stereocenters. The van der Waals surface area contributed by atoms with Crippen molar-refractivity contribution in [3.8, 4) is 0 Å². The molecule has 1 aliphatic carbocycles. The van der Waals surface area contributed by atoms with Crippen molar-refractivity contribution >= 4 is 5.91 Å². The molecule has 1 unspecified atom stereocenters. The summed E-state index contributed by atoms with van der Waals surface area (Å²) in [4.78, 5) is 11.7. The fourth-order valence-corrected chi connectivity index (χ4v) is 2.30. The van der Waals surface area contributed by atoms with Crippen LogP contribution in [0.5, 0.6) is 0 Å². The molecule has 0 aromatic carbocycles. The predicted molar refractivity (Wildman–Crippen MR) is 66.7 cm³/mol. The molecule has 100 valence electrons. The smallest absolute Gasteiger partial charge is 0.220 e. The first kappa shape index (κ1) is 14.5. The van der Waals surface area contributed by atoms with E-state index in [1.807, 2.05) is 13.8 Å². The summed E-state index contributed by atoms with van der Waals surface area (Å²) in [5.74, 6) is 0.600. The molecular formula is C13H25NO3. The summed E-state index contributed by atoms with van der Waals surface area (Å²) < 4.78 is 5.47. The Labute approximate surface area is 104 Å². The van der Waals surface area contributed by atoms with Crippen LogP contribution in [0, 0.1) is 5.92 Å². The summed E-state index contributed by atoms with van der Waals surface area (Å²) in [5.41, 5.74) is 0. The Balaban J connectivity index is 2.13. The Morgan fingerprint density at radius 1 is 1.47 bits per heavy atom. The van der Waals surface area contributed by atoms with Gasteiger partial charge in [-0.25, -0.2) is 0 Å². The fraction of sp³-hybridized carbons (Fsp3) is 0.923. The number of aliphatic hydroxyl groups is 1. The van der Waals surface area contributed by atoms with Crippen molar-refractivity contribution in [2.24, 2.45) is 5.92 Å². The Hall–Kier alpha value is -0.610. The summed E-state index contributed by atoms with van der Waals surface area (Å²) in [6.45, 7) is 4.92. The SMILES string of the molecule is CCOC1CC(CC(=O)NC(CC)CCO)C1. The van der Waals surface area contributed by atoms with Crippen molar-refractivity contribution in [3.05, 3.63) is 0 Å². The second-order valence-electron chi connectivity index (χ2n) is 4.80. The first-order chi connectivity index (χ1) is 8.19. The van der Waals surface area contributed by atoms with Crippen LogP contribution in [0.15, 0.2) is 0 Å². The van der Waals surface area contributed by atoms with E-state index in [9.17, 15) is 4.79 Å². The molecule has 2 N–H and O–H groups in total. The third-order valence-electron chi connectivity index (χ3n) is 3.40. The minimum absolute atomic E-state index is 0.116. The molecule has 1 aliphatic rings. The van der Waals surface area contributed by atoms with Crippen molar-refractivity contribution in [1.82, 2.24) is 5.32 Å². The molecule has 0 saturated heterocycles. The summed E-state index contributed by atoms with van der Waals surface area (Å²) in [7, 11) is 0. The molecule has 1 saturated carbocycles. The second-order valence-corrected chi connectivity index (χ2v) is 4.80. The lowest BCUT2D eigenvalue weighted by Crippen LogP contribution is -2.39. The Morgan fingerprint density at radius 3 is 2.71 bits per heavy atom. The molecule has 4 heteroatoms. The normalized spacial score (nSPS) is 25.1. The molecule has 0 spiro atoms. The van der Waals surface area contributed by atoms with Crippen LogP contribution >= 0.6 is 0 Å². The van der Waals surface area contributed by atoms with Crippen molar-refractivity contribution in [3.63, 3.8) is 0 Å². The quantitative estimate of drug-likeness (QED) is 0.678. The number of hydrogen-bond acceptors (Lipinski definition) is 3. The molecule has 17 heavy (non-hydrogen) atoms. The van der Waals surface area contributed by atoms with Crippen LogP contribution in [-0.4, -0.2) is 36.4 Å². The maximum Gasteiger partial charge on any atom is 0.220 e. The predicted octanol–water partition coefficient (Wildman–Crippen LogP) is 1.47. The zero-order valence-corrected chi connectivity index (χ0v) is 10.9. The van der Waals surface area contributed by atoms with Gasteiger partial charge in [-0.1, -0.05) is 6.92 Å². The van der Waals surface area contributed by atoms with Crippen LogP contribution in [0.4, 0.5) is 0 Å². The first-order valence-electron chi connectivity index (χ1n) is 6.71. The number of carbonyl (C=O) groups excluding carboxylic acids is 1. The third kappa shape index (κ3) is 5.04. The highest BCUT2D eigenvalue weighted by Crippen LogP contribution is 2.32. The molecule has 0 radical (unpaired) electrons. The van der Waals surface area contributed by atoms with Crippen LogP contribution in [0.25, 0.3) is 0 Å². The molecule has 1 amide bonds. The largest absolute Gasteiger partial charge is 0.396 e. The van der Waals surface area contributed by atoms with E-state index < -0.39 is 0 Å². The highest BCUT2D eigenvalue weighted by atomic mass is 16.5. The van der Waals surface area contributed by atoms with Gasteiger partial charge in [0.25, 0.3) is 0 Å². The molecule has 0 aromatic rings. The van der Waals surface area contributed by atoms with Gasteiger partial charge in [0.15, 0.2) is 0 Å². The number of nitrogens with one attached hydrogen (secondary N) is 1. The van der Waals surface area contributed by atoms with Crippen molar-refractivity contribution in [1.29, 1.82) is 0 Å². The van der Waals surface area contributed by atoms with Gasteiger partial charge in [0, 0.05) is 25.7 Å². The standard InChI is InChI=1S/C13H25NO3/c1-3-11(5-6-15)14-13(16)9-10-7-12(8-10)17-4-2/h10-12,15H,3-9H2,1-2H3,(H,14,16). The van der Waals surface area contributed by atoms with Crippen molar-refractivity contribution in [2.75, 3.05) is 13.2 Å². The van der Waals surface area contributed by atoms with Gasteiger partial charge >= 0.3 is 0 Å². The van der Waals surface area contributed by atoms with Crippen LogP contribution in [-0.2, 0) is 9.53 Å². The minimum atomic E-state index is 0.116. The monoisotopic (exact) mass is 243 g/mol. The second kappa shape index (κ2) is 7.67. The van der Waals surface area contributed by atoms with Crippen molar-refractivity contribution in [2.45, 2.75) is 58.1 Å². The molecule has 1 fully saturated rings. The molecule has 0 bridgehead atoms. The van der Waals surface area contributed by atoms with Gasteiger partial charge < -0.3 is 15.2 Å². The summed E-state index contributed by atoms with van der Waals surface area (Å²) in [6, 6.07) is 0.121. The molecule has 1 rings (SSSR count). The van der Waals surface area contributed by atoms with Gasteiger partial charge in [0.05, 0.1) is 6.10 Å². The van der Waals surface area contributed by atoms with Crippen LogP contribution in [0.2, 0.25) is 0 Å². The molecule has 0 aliphatic heterocycles. The van der Waals surface area contributed by atoms with Crippen LogP contribution in [0.3, 0.4) is 0 Å². The fourth-order valence-electron chi connectivity index (χ4n) is 2.30. The number of carbonyl (C=O) groups is 1. The average Bonchev–Trinajstić information content (AvgIpc) is 2.25. The molecule has 4 nitrogen and oxygen atoms in total. The average molecular weight is 243 g/mol. The lowest BCUT2D eigenvalue weighted by Gasteiger charge is -2.34. The van der Waals surface area contributed by atoms with E-state index in [0.717, 1.165) is 25.9 Å². The zero-order chi connectivity index (χ0) is 12.7. The van der Waals surface area contributed by atoms with E-state index >= 15 is 0 Å². The van der Waals surface area contributed by atoms with Gasteiger partial charge in [-0.3, -0.25) is 4.79 Å².